The monoisotopic (exact) mass is 258 g/mol. The van der Waals surface area contributed by atoms with Crippen molar-refractivity contribution in [3.05, 3.63) is 0 Å². The molecule has 0 aromatic heterocycles. The van der Waals surface area contributed by atoms with Crippen LogP contribution in [0.25, 0.3) is 0 Å². The van der Waals surface area contributed by atoms with Gasteiger partial charge in [0.05, 0.1) is 11.8 Å². The fourth-order valence-corrected chi connectivity index (χ4v) is 1.28. The summed E-state index contributed by atoms with van der Waals surface area (Å²) >= 11 is 0. The number of hydrogen-bond donors (Lipinski definition) is 3. The van der Waals surface area contributed by atoms with Crippen LogP contribution in [0.15, 0.2) is 0 Å². The van der Waals surface area contributed by atoms with E-state index in [4.69, 9.17) is 10.8 Å². The van der Waals surface area contributed by atoms with Crippen LogP contribution < -0.4 is 11.1 Å². The van der Waals surface area contributed by atoms with Crippen LogP contribution in [0.3, 0.4) is 0 Å². The molecule has 0 aromatic rings. The maximum atomic E-state index is 12.2. The molecular weight excluding hydrogens is 232 g/mol. The van der Waals surface area contributed by atoms with Crippen LogP contribution in [0.5, 0.6) is 0 Å². The molecule has 0 bridgehead atoms. The molecule has 1 unspecified atom stereocenters. The average molecular weight is 258 g/mol. The lowest BCUT2D eigenvalue weighted by Gasteiger charge is -2.38. The largest absolute Gasteiger partial charge is 0.481 e. The van der Waals surface area contributed by atoms with Gasteiger partial charge in [0.25, 0.3) is 0 Å². The molecule has 1 amide bonds. The van der Waals surface area contributed by atoms with E-state index in [0.29, 0.717) is 0 Å². The molecule has 4 N–H and O–H groups in total. The molecule has 0 saturated carbocycles. The standard InChI is InChI=1S/C13H26N2O3/c1-8(2)9(7-10(16)17)15-11(18)12(3,4)13(5,6)14/h8-9H,7,14H2,1-6H3,(H,15,18)(H,16,17). The summed E-state index contributed by atoms with van der Waals surface area (Å²) in [6.45, 7) is 10.9. The minimum atomic E-state index is -0.918. The van der Waals surface area contributed by atoms with Gasteiger partial charge in [-0.15, -0.1) is 0 Å². The Bertz CT molecular complexity index is 317. The first-order valence-corrected chi connectivity index (χ1v) is 6.21. The van der Waals surface area contributed by atoms with Crippen molar-refractivity contribution < 1.29 is 14.7 Å². The van der Waals surface area contributed by atoms with Gasteiger partial charge in [0.15, 0.2) is 0 Å². The zero-order chi connectivity index (χ0) is 14.7. The van der Waals surface area contributed by atoms with E-state index in [1.165, 1.54) is 0 Å². The van der Waals surface area contributed by atoms with Crippen molar-refractivity contribution in [3.63, 3.8) is 0 Å². The second-order valence-electron chi connectivity index (χ2n) is 6.27. The second-order valence-corrected chi connectivity index (χ2v) is 6.27. The number of carboxylic acid groups (broad SMARTS) is 1. The van der Waals surface area contributed by atoms with E-state index in [9.17, 15) is 9.59 Å². The molecule has 0 spiro atoms. The zero-order valence-electron chi connectivity index (χ0n) is 12.2. The van der Waals surface area contributed by atoms with E-state index in [2.05, 4.69) is 5.32 Å². The van der Waals surface area contributed by atoms with Crippen molar-refractivity contribution in [2.24, 2.45) is 17.1 Å². The fraction of sp³-hybridized carbons (Fsp3) is 0.846. The van der Waals surface area contributed by atoms with E-state index < -0.39 is 16.9 Å². The number of nitrogens with one attached hydrogen (secondary N) is 1. The van der Waals surface area contributed by atoms with Crippen molar-refractivity contribution >= 4 is 11.9 Å². The third-order valence-electron chi connectivity index (χ3n) is 3.69. The number of carbonyl (C=O) groups is 2. The molecule has 18 heavy (non-hydrogen) atoms. The normalized spacial score (nSPS) is 14.4. The SMILES string of the molecule is CC(C)C(CC(=O)O)NC(=O)C(C)(C)C(C)(C)N. The van der Waals surface area contributed by atoms with E-state index in [0.717, 1.165) is 0 Å². The lowest BCUT2D eigenvalue weighted by molar-refractivity contribution is -0.139. The molecule has 0 aliphatic rings. The number of aliphatic carboxylic acids is 1. The second kappa shape index (κ2) is 5.69. The molecule has 0 saturated heterocycles. The summed E-state index contributed by atoms with van der Waals surface area (Å²) in [5.41, 5.74) is 4.55. The maximum Gasteiger partial charge on any atom is 0.305 e. The van der Waals surface area contributed by atoms with Crippen molar-refractivity contribution in [2.45, 2.75) is 59.5 Å². The van der Waals surface area contributed by atoms with E-state index >= 15 is 0 Å². The Labute approximate surface area is 109 Å². The number of rotatable bonds is 6. The highest BCUT2D eigenvalue weighted by molar-refractivity contribution is 5.84. The predicted molar refractivity (Wildman–Crippen MR) is 71.1 cm³/mol. The molecule has 5 nitrogen and oxygen atoms in total. The summed E-state index contributed by atoms with van der Waals surface area (Å²) in [5, 5.41) is 11.6. The van der Waals surface area contributed by atoms with Crippen molar-refractivity contribution in [1.29, 1.82) is 0 Å². The highest BCUT2D eigenvalue weighted by atomic mass is 16.4. The molecular formula is C13H26N2O3. The van der Waals surface area contributed by atoms with Gasteiger partial charge < -0.3 is 16.2 Å². The van der Waals surface area contributed by atoms with Crippen LogP contribution in [0.2, 0.25) is 0 Å². The van der Waals surface area contributed by atoms with Crippen molar-refractivity contribution in [3.8, 4) is 0 Å². The molecule has 0 aliphatic heterocycles. The Kier molecular flexibility index (Phi) is 5.35. The van der Waals surface area contributed by atoms with E-state index in [-0.39, 0.29) is 24.3 Å². The molecule has 0 rings (SSSR count). The molecule has 5 heteroatoms. The van der Waals surface area contributed by atoms with Gasteiger partial charge in [-0.05, 0) is 33.6 Å². The van der Waals surface area contributed by atoms with E-state index in [1.54, 1.807) is 27.7 Å². The fourth-order valence-electron chi connectivity index (χ4n) is 1.28. The first kappa shape index (κ1) is 16.9. The Morgan fingerprint density at radius 2 is 1.67 bits per heavy atom. The molecule has 0 radical (unpaired) electrons. The van der Waals surface area contributed by atoms with Gasteiger partial charge in [-0.1, -0.05) is 13.8 Å². The first-order valence-electron chi connectivity index (χ1n) is 6.21. The summed E-state index contributed by atoms with van der Waals surface area (Å²) in [5.74, 6) is -1.07. The minimum absolute atomic E-state index is 0.0572. The Balaban J connectivity index is 4.86. The minimum Gasteiger partial charge on any atom is -0.481 e. The third kappa shape index (κ3) is 4.29. The Morgan fingerprint density at radius 1 is 1.22 bits per heavy atom. The van der Waals surface area contributed by atoms with Gasteiger partial charge in [0, 0.05) is 11.6 Å². The summed E-state index contributed by atoms with van der Waals surface area (Å²) in [7, 11) is 0. The topological polar surface area (TPSA) is 92.4 Å². The quantitative estimate of drug-likeness (QED) is 0.671. The van der Waals surface area contributed by atoms with Gasteiger partial charge in [-0.2, -0.15) is 0 Å². The van der Waals surface area contributed by atoms with Gasteiger partial charge in [-0.25, -0.2) is 0 Å². The van der Waals surface area contributed by atoms with Crippen molar-refractivity contribution in [1.82, 2.24) is 5.32 Å². The summed E-state index contributed by atoms with van der Waals surface area (Å²) < 4.78 is 0. The molecule has 1 atom stereocenters. The smallest absolute Gasteiger partial charge is 0.305 e. The number of carboxylic acids is 1. The first-order chi connectivity index (χ1) is 7.89. The lowest BCUT2D eigenvalue weighted by atomic mass is 9.74. The number of hydrogen-bond acceptors (Lipinski definition) is 3. The lowest BCUT2D eigenvalue weighted by Crippen LogP contribution is -2.57. The third-order valence-corrected chi connectivity index (χ3v) is 3.69. The number of amides is 1. The van der Waals surface area contributed by atoms with Gasteiger partial charge >= 0.3 is 5.97 Å². The molecule has 0 aliphatic carbocycles. The van der Waals surface area contributed by atoms with Crippen LogP contribution >= 0.6 is 0 Å². The zero-order valence-corrected chi connectivity index (χ0v) is 12.2. The summed E-state index contributed by atoms with van der Waals surface area (Å²) in [6, 6.07) is -0.378. The molecule has 106 valence electrons. The van der Waals surface area contributed by atoms with Gasteiger partial charge in [0.1, 0.15) is 0 Å². The highest BCUT2D eigenvalue weighted by Gasteiger charge is 2.41. The molecule has 0 heterocycles. The number of nitrogens with two attached hydrogens (primary N) is 1. The van der Waals surface area contributed by atoms with Crippen LogP contribution in [-0.4, -0.2) is 28.6 Å². The summed E-state index contributed by atoms with van der Waals surface area (Å²) in [4.78, 5) is 23.0. The molecule has 0 aromatic carbocycles. The maximum absolute atomic E-state index is 12.2. The number of carbonyl (C=O) groups excluding carboxylic acids is 1. The van der Waals surface area contributed by atoms with Crippen LogP contribution in [0.4, 0.5) is 0 Å². The Hall–Kier alpha value is -1.10. The summed E-state index contributed by atoms with van der Waals surface area (Å²) in [6.07, 6.45) is -0.0789. The van der Waals surface area contributed by atoms with E-state index in [1.807, 2.05) is 13.8 Å². The Morgan fingerprint density at radius 3 is 1.94 bits per heavy atom. The van der Waals surface area contributed by atoms with Crippen LogP contribution in [0, 0.1) is 11.3 Å². The van der Waals surface area contributed by atoms with Gasteiger partial charge in [0.2, 0.25) is 5.91 Å². The predicted octanol–water partition coefficient (Wildman–Crippen LogP) is 1.37. The highest BCUT2D eigenvalue weighted by Crippen LogP contribution is 2.28. The van der Waals surface area contributed by atoms with Crippen LogP contribution in [-0.2, 0) is 9.59 Å². The molecule has 0 fully saturated rings. The average Bonchev–Trinajstić information content (AvgIpc) is 2.13. The van der Waals surface area contributed by atoms with Crippen molar-refractivity contribution in [2.75, 3.05) is 0 Å². The van der Waals surface area contributed by atoms with Crippen LogP contribution in [0.1, 0.15) is 48.0 Å². The van der Waals surface area contributed by atoms with Gasteiger partial charge in [-0.3, -0.25) is 9.59 Å².